The van der Waals surface area contributed by atoms with E-state index in [0.717, 1.165) is 22.9 Å². The van der Waals surface area contributed by atoms with Crippen LogP contribution in [0.3, 0.4) is 0 Å². The molecular formula is C14H15BrO3. The van der Waals surface area contributed by atoms with Gasteiger partial charge in [-0.15, -0.1) is 0 Å². The molecule has 0 radical (unpaired) electrons. The van der Waals surface area contributed by atoms with E-state index in [1.807, 2.05) is 24.3 Å². The summed E-state index contributed by atoms with van der Waals surface area (Å²) in [6.45, 7) is 0. The quantitative estimate of drug-likeness (QED) is 0.876. The molecule has 0 bridgehead atoms. The van der Waals surface area contributed by atoms with E-state index in [-0.39, 0.29) is 24.0 Å². The number of rotatable bonds is 6. The summed E-state index contributed by atoms with van der Waals surface area (Å²) in [5.41, 5.74) is 0.926. The number of carbonyl (C=O) groups excluding carboxylic acids is 1. The van der Waals surface area contributed by atoms with Crippen molar-refractivity contribution >= 4 is 27.7 Å². The maximum atomic E-state index is 11.8. The molecule has 1 aliphatic carbocycles. The van der Waals surface area contributed by atoms with Gasteiger partial charge in [-0.05, 0) is 30.5 Å². The maximum Gasteiger partial charge on any atom is 0.303 e. The summed E-state index contributed by atoms with van der Waals surface area (Å²) in [5, 5.41) is 8.95. The van der Waals surface area contributed by atoms with Crippen molar-refractivity contribution in [2.75, 3.05) is 0 Å². The molecule has 1 saturated carbocycles. The first-order valence-corrected chi connectivity index (χ1v) is 6.85. The largest absolute Gasteiger partial charge is 0.481 e. The summed E-state index contributed by atoms with van der Waals surface area (Å²) in [6, 6.07) is 7.54. The number of Topliss-reactive ketones (excluding diaryl/α,β-unsaturated/α-hetero) is 1. The lowest BCUT2D eigenvalue weighted by Crippen LogP contribution is -2.12. The zero-order valence-electron chi connectivity index (χ0n) is 9.93. The Bertz CT molecular complexity index is 449. The molecule has 1 aromatic rings. The molecule has 96 valence electrons. The van der Waals surface area contributed by atoms with Crippen molar-refractivity contribution in [3.05, 3.63) is 34.3 Å². The zero-order chi connectivity index (χ0) is 13.1. The first-order valence-electron chi connectivity index (χ1n) is 6.06. The van der Waals surface area contributed by atoms with Crippen molar-refractivity contribution in [1.29, 1.82) is 0 Å². The van der Waals surface area contributed by atoms with Gasteiger partial charge in [-0.25, -0.2) is 0 Å². The van der Waals surface area contributed by atoms with Gasteiger partial charge in [-0.3, -0.25) is 9.59 Å². The predicted molar refractivity (Wildman–Crippen MR) is 71.5 cm³/mol. The minimum atomic E-state index is -0.855. The van der Waals surface area contributed by atoms with Crippen molar-refractivity contribution in [1.82, 2.24) is 0 Å². The lowest BCUT2D eigenvalue weighted by molar-refractivity contribution is -0.137. The summed E-state index contributed by atoms with van der Waals surface area (Å²) in [7, 11) is 0. The fraction of sp³-hybridized carbons (Fsp3) is 0.429. The molecule has 0 heterocycles. The van der Waals surface area contributed by atoms with Gasteiger partial charge in [0.15, 0.2) is 0 Å². The Hall–Kier alpha value is -1.16. The Morgan fingerprint density at radius 2 is 1.83 bits per heavy atom. The molecule has 1 atom stereocenters. The normalized spacial score (nSPS) is 16.3. The van der Waals surface area contributed by atoms with Crippen molar-refractivity contribution in [3.8, 4) is 0 Å². The second kappa shape index (κ2) is 5.65. The van der Waals surface area contributed by atoms with Gasteiger partial charge in [0.05, 0.1) is 6.42 Å². The molecule has 0 spiro atoms. The molecule has 1 fully saturated rings. The topological polar surface area (TPSA) is 54.4 Å². The van der Waals surface area contributed by atoms with Crippen molar-refractivity contribution < 1.29 is 14.7 Å². The molecule has 0 aromatic heterocycles. The lowest BCUT2D eigenvalue weighted by atomic mass is 9.90. The number of carbonyl (C=O) groups is 2. The fourth-order valence-electron chi connectivity index (χ4n) is 2.07. The number of hydrogen-bond donors (Lipinski definition) is 1. The molecule has 18 heavy (non-hydrogen) atoms. The van der Waals surface area contributed by atoms with Crippen LogP contribution in [-0.4, -0.2) is 16.9 Å². The van der Waals surface area contributed by atoms with Crippen LogP contribution in [0.15, 0.2) is 28.7 Å². The third-order valence-corrected chi connectivity index (χ3v) is 3.77. The number of aliphatic carboxylic acids is 1. The predicted octanol–water partition coefficient (Wildman–Crippen LogP) is 3.38. The van der Waals surface area contributed by atoms with Gasteiger partial charge in [-0.2, -0.15) is 0 Å². The third-order valence-electron chi connectivity index (χ3n) is 3.24. The van der Waals surface area contributed by atoms with E-state index in [1.165, 1.54) is 0 Å². The first kappa shape index (κ1) is 13.3. The number of benzene rings is 1. The van der Waals surface area contributed by atoms with Crippen LogP contribution in [-0.2, 0) is 9.59 Å². The highest BCUT2D eigenvalue weighted by atomic mass is 79.9. The Morgan fingerprint density at radius 1 is 1.22 bits per heavy atom. The van der Waals surface area contributed by atoms with Crippen LogP contribution in [0.25, 0.3) is 0 Å². The summed E-state index contributed by atoms with van der Waals surface area (Å²) in [6.07, 6.45) is 2.30. The summed E-state index contributed by atoms with van der Waals surface area (Å²) in [5.74, 6) is -0.656. The fourth-order valence-corrected chi connectivity index (χ4v) is 2.33. The van der Waals surface area contributed by atoms with Gasteiger partial charge < -0.3 is 5.11 Å². The van der Waals surface area contributed by atoms with Gasteiger partial charge in [0.2, 0.25) is 0 Å². The smallest absolute Gasteiger partial charge is 0.303 e. The first-order chi connectivity index (χ1) is 8.56. The van der Waals surface area contributed by atoms with Gasteiger partial charge in [0.25, 0.3) is 0 Å². The average Bonchev–Trinajstić information content (AvgIpc) is 3.12. The molecule has 0 unspecified atom stereocenters. The standard InChI is InChI=1S/C14H15BrO3/c15-12-5-3-9(4-6-12)11(8-14(17)18)7-13(16)10-1-2-10/h3-6,10-11H,1-2,7-8H2,(H,17,18)/t11-/m0/s1. The molecule has 3 nitrogen and oxygen atoms in total. The molecule has 1 aliphatic rings. The van der Waals surface area contributed by atoms with Crippen LogP contribution >= 0.6 is 15.9 Å². The van der Waals surface area contributed by atoms with Crippen LogP contribution in [0.2, 0.25) is 0 Å². The molecule has 1 aromatic carbocycles. The van der Waals surface area contributed by atoms with Crippen LogP contribution in [0, 0.1) is 5.92 Å². The highest BCUT2D eigenvalue weighted by Gasteiger charge is 2.31. The van der Waals surface area contributed by atoms with E-state index < -0.39 is 5.97 Å². The van der Waals surface area contributed by atoms with Crippen molar-refractivity contribution in [3.63, 3.8) is 0 Å². The molecule has 2 rings (SSSR count). The van der Waals surface area contributed by atoms with Gasteiger partial charge in [0.1, 0.15) is 5.78 Å². The third kappa shape index (κ3) is 3.67. The molecule has 0 amide bonds. The van der Waals surface area contributed by atoms with E-state index in [4.69, 9.17) is 5.11 Å². The zero-order valence-corrected chi connectivity index (χ0v) is 11.5. The second-order valence-electron chi connectivity index (χ2n) is 4.79. The van der Waals surface area contributed by atoms with E-state index >= 15 is 0 Å². The van der Waals surface area contributed by atoms with Crippen molar-refractivity contribution in [2.24, 2.45) is 5.92 Å². The minimum Gasteiger partial charge on any atom is -0.481 e. The number of carboxylic acid groups (broad SMARTS) is 1. The molecular weight excluding hydrogens is 296 g/mol. The van der Waals surface area contributed by atoms with Crippen LogP contribution in [0.1, 0.15) is 37.2 Å². The minimum absolute atomic E-state index is 0.0140. The summed E-state index contributed by atoms with van der Waals surface area (Å²) in [4.78, 5) is 22.7. The Labute approximate surface area is 114 Å². The number of carboxylic acids is 1. The molecule has 1 N–H and O–H groups in total. The summed E-state index contributed by atoms with van der Waals surface area (Å²) >= 11 is 3.35. The summed E-state index contributed by atoms with van der Waals surface area (Å²) < 4.78 is 0.953. The van der Waals surface area contributed by atoms with Gasteiger partial charge in [0, 0.05) is 22.7 Å². The maximum absolute atomic E-state index is 11.8. The molecule has 0 aliphatic heterocycles. The molecule has 0 saturated heterocycles. The second-order valence-corrected chi connectivity index (χ2v) is 5.71. The van der Waals surface area contributed by atoms with Crippen molar-refractivity contribution in [2.45, 2.75) is 31.6 Å². The van der Waals surface area contributed by atoms with Crippen LogP contribution in [0.4, 0.5) is 0 Å². The van der Waals surface area contributed by atoms with E-state index in [9.17, 15) is 9.59 Å². The van der Waals surface area contributed by atoms with E-state index in [2.05, 4.69) is 15.9 Å². The van der Waals surface area contributed by atoms with Crippen LogP contribution in [0.5, 0.6) is 0 Å². The molecule has 4 heteroatoms. The van der Waals surface area contributed by atoms with Crippen LogP contribution < -0.4 is 0 Å². The number of ketones is 1. The monoisotopic (exact) mass is 310 g/mol. The highest BCUT2D eigenvalue weighted by Crippen LogP contribution is 2.35. The Morgan fingerprint density at radius 3 is 2.33 bits per heavy atom. The Balaban J connectivity index is 2.10. The Kier molecular flexibility index (Phi) is 4.17. The van der Waals surface area contributed by atoms with E-state index in [1.54, 1.807) is 0 Å². The van der Waals surface area contributed by atoms with E-state index in [0.29, 0.717) is 6.42 Å². The lowest BCUT2D eigenvalue weighted by Gasteiger charge is -2.14. The number of hydrogen-bond acceptors (Lipinski definition) is 2. The highest BCUT2D eigenvalue weighted by molar-refractivity contribution is 9.10. The van der Waals surface area contributed by atoms with Gasteiger partial charge in [-0.1, -0.05) is 28.1 Å². The number of halogens is 1. The SMILES string of the molecule is O=C(O)C[C@H](CC(=O)C1CC1)c1ccc(Br)cc1. The van der Waals surface area contributed by atoms with Gasteiger partial charge >= 0.3 is 5.97 Å². The average molecular weight is 311 g/mol.